The third-order valence-electron chi connectivity index (χ3n) is 3.93. The normalized spacial score (nSPS) is 26.9. The van der Waals surface area contributed by atoms with Gasteiger partial charge in [0.25, 0.3) is 0 Å². The van der Waals surface area contributed by atoms with Crippen molar-refractivity contribution in [3.05, 3.63) is 29.3 Å². The maximum atomic E-state index is 6.03. The summed E-state index contributed by atoms with van der Waals surface area (Å²) in [7, 11) is 0. The van der Waals surface area contributed by atoms with Crippen molar-refractivity contribution in [3.63, 3.8) is 0 Å². The lowest BCUT2D eigenvalue weighted by molar-refractivity contribution is -0.0889. The van der Waals surface area contributed by atoms with Crippen LogP contribution in [0.3, 0.4) is 0 Å². The predicted octanol–water partition coefficient (Wildman–Crippen LogP) is 2.63. The summed E-state index contributed by atoms with van der Waals surface area (Å²) in [4.78, 5) is 0. The summed E-state index contributed by atoms with van der Waals surface area (Å²) in [6.07, 6.45) is 3.52. The fourth-order valence-corrected chi connectivity index (χ4v) is 2.77. The van der Waals surface area contributed by atoms with Gasteiger partial charge in [-0.25, -0.2) is 0 Å². The molecule has 0 spiro atoms. The van der Waals surface area contributed by atoms with Crippen molar-refractivity contribution in [1.82, 2.24) is 5.32 Å². The van der Waals surface area contributed by atoms with Crippen molar-refractivity contribution in [2.75, 3.05) is 13.2 Å². The van der Waals surface area contributed by atoms with Crippen LogP contribution in [0.15, 0.2) is 18.2 Å². The Hall–Kier alpha value is -1.06. The molecule has 1 N–H and O–H groups in total. The van der Waals surface area contributed by atoms with Crippen LogP contribution in [0.5, 0.6) is 5.75 Å². The van der Waals surface area contributed by atoms with E-state index in [0.29, 0.717) is 6.61 Å². The van der Waals surface area contributed by atoms with Gasteiger partial charge in [0.05, 0.1) is 5.60 Å². The minimum atomic E-state index is -0.104. The molecule has 1 aromatic carbocycles. The van der Waals surface area contributed by atoms with Gasteiger partial charge in [-0.3, -0.25) is 0 Å². The highest BCUT2D eigenvalue weighted by atomic mass is 16.5. The Morgan fingerprint density at radius 3 is 3.11 bits per heavy atom. The van der Waals surface area contributed by atoms with Crippen molar-refractivity contribution in [1.29, 1.82) is 0 Å². The van der Waals surface area contributed by atoms with Crippen LogP contribution >= 0.6 is 0 Å². The van der Waals surface area contributed by atoms with E-state index in [2.05, 4.69) is 30.4 Å². The molecule has 2 aliphatic heterocycles. The zero-order chi connectivity index (χ0) is 12.4. The van der Waals surface area contributed by atoms with Crippen LogP contribution < -0.4 is 10.1 Å². The quantitative estimate of drug-likeness (QED) is 0.890. The van der Waals surface area contributed by atoms with E-state index in [1.165, 1.54) is 24.0 Å². The van der Waals surface area contributed by atoms with E-state index in [9.17, 15) is 0 Å². The molecule has 0 aliphatic carbocycles. The minimum absolute atomic E-state index is 0.104. The van der Waals surface area contributed by atoms with E-state index in [0.717, 1.165) is 31.9 Å². The van der Waals surface area contributed by atoms with Crippen molar-refractivity contribution >= 4 is 0 Å². The van der Waals surface area contributed by atoms with Crippen LogP contribution in [0.4, 0.5) is 0 Å². The second-order valence-corrected chi connectivity index (χ2v) is 5.54. The van der Waals surface area contributed by atoms with Crippen LogP contribution in [0.25, 0.3) is 0 Å². The number of hydrogen-bond acceptors (Lipinski definition) is 3. The third kappa shape index (κ3) is 2.38. The first-order valence-electron chi connectivity index (χ1n) is 6.85. The largest absolute Gasteiger partial charge is 0.490 e. The lowest BCUT2D eigenvalue weighted by Gasteiger charge is -2.33. The minimum Gasteiger partial charge on any atom is -0.490 e. The molecular formula is C15H21NO2. The molecule has 1 fully saturated rings. The van der Waals surface area contributed by atoms with Gasteiger partial charge in [0.15, 0.2) is 0 Å². The maximum absolute atomic E-state index is 6.03. The van der Waals surface area contributed by atoms with E-state index in [1.807, 2.05) is 0 Å². The lowest BCUT2D eigenvalue weighted by Crippen LogP contribution is -2.39. The molecule has 0 aromatic heterocycles. The molecule has 98 valence electrons. The van der Waals surface area contributed by atoms with Crippen LogP contribution in [-0.2, 0) is 17.8 Å². The molecule has 3 nitrogen and oxygen atoms in total. The summed E-state index contributed by atoms with van der Waals surface area (Å²) in [5, 5.41) is 3.36. The molecule has 1 atom stereocenters. The fourth-order valence-electron chi connectivity index (χ4n) is 2.77. The molecule has 2 heterocycles. The highest BCUT2D eigenvalue weighted by molar-refractivity contribution is 5.42. The van der Waals surface area contributed by atoms with Gasteiger partial charge in [-0.1, -0.05) is 12.1 Å². The van der Waals surface area contributed by atoms with E-state index in [1.54, 1.807) is 0 Å². The van der Waals surface area contributed by atoms with E-state index in [4.69, 9.17) is 9.47 Å². The molecule has 3 rings (SSSR count). The summed E-state index contributed by atoms with van der Waals surface area (Å²) in [5.74, 6) is 1.02. The number of fused-ring (bicyclic) bond motifs is 1. The average Bonchev–Trinajstić information content (AvgIpc) is 2.86. The van der Waals surface area contributed by atoms with E-state index in [-0.39, 0.29) is 5.60 Å². The SMILES string of the molecule is CC1(COc2cccc3c2CNC3)CCCCO1. The molecule has 18 heavy (non-hydrogen) atoms. The highest BCUT2D eigenvalue weighted by Crippen LogP contribution is 2.29. The summed E-state index contributed by atoms with van der Waals surface area (Å²) < 4.78 is 11.9. The van der Waals surface area contributed by atoms with Gasteiger partial charge in [-0.05, 0) is 37.8 Å². The topological polar surface area (TPSA) is 30.5 Å². The van der Waals surface area contributed by atoms with Gasteiger partial charge < -0.3 is 14.8 Å². The Kier molecular flexibility index (Phi) is 3.27. The fraction of sp³-hybridized carbons (Fsp3) is 0.600. The zero-order valence-electron chi connectivity index (χ0n) is 11.0. The lowest BCUT2D eigenvalue weighted by atomic mass is 9.97. The number of nitrogens with one attached hydrogen (secondary N) is 1. The van der Waals surface area contributed by atoms with E-state index < -0.39 is 0 Å². The van der Waals surface area contributed by atoms with Gasteiger partial charge in [-0.15, -0.1) is 0 Å². The first-order chi connectivity index (χ1) is 8.77. The summed E-state index contributed by atoms with van der Waals surface area (Å²) >= 11 is 0. The summed E-state index contributed by atoms with van der Waals surface area (Å²) in [5.41, 5.74) is 2.58. The van der Waals surface area contributed by atoms with Crippen molar-refractivity contribution in [2.24, 2.45) is 0 Å². The molecule has 0 radical (unpaired) electrons. The Morgan fingerprint density at radius 2 is 2.28 bits per heavy atom. The smallest absolute Gasteiger partial charge is 0.124 e. The van der Waals surface area contributed by atoms with Crippen molar-refractivity contribution in [2.45, 2.75) is 44.9 Å². The number of ether oxygens (including phenoxy) is 2. The second-order valence-electron chi connectivity index (χ2n) is 5.54. The zero-order valence-corrected chi connectivity index (χ0v) is 11.0. The molecule has 1 unspecified atom stereocenters. The van der Waals surface area contributed by atoms with Gasteiger partial charge in [-0.2, -0.15) is 0 Å². The van der Waals surface area contributed by atoms with Crippen molar-refractivity contribution in [3.8, 4) is 5.75 Å². The van der Waals surface area contributed by atoms with Gasteiger partial charge in [0.2, 0.25) is 0 Å². The Morgan fingerprint density at radius 1 is 1.33 bits per heavy atom. The van der Waals surface area contributed by atoms with Gasteiger partial charge >= 0.3 is 0 Å². The Labute approximate surface area is 108 Å². The molecule has 2 aliphatic rings. The third-order valence-corrected chi connectivity index (χ3v) is 3.93. The first kappa shape index (κ1) is 12.0. The van der Waals surface area contributed by atoms with E-state index >= 15 is 0 Å². The molecule has 1 aromatic rings. The van der Waals surface area contributed by atoms with Gasteiger partial charge in [0, 0.05) is 25.3 Å². The predicted molar refractivity (Wildman–Crippen MR) is 70.7 cm³/mol. The maximum Gasteiger partial charge on any atom is 0.124 e. The number of hydrogen-bond donors (Lipinski definition) is 1. The van der Waals surface area contributed by atoms with Crippen LogP contribution in [0.2, 0.25) is 0 Å². The molecule has 1 saturated heterocycles. The Balaban J connectivity index is 1.68. The highest BCUT2D eigenvalue weighted by Gasteiger charge is 2.29. The molecule has 0 bridgehead atoms. The molecule has 3 heteroatoms. The second kappa shape index (κ2) is 4.90. The monoisotopic (exact) mass is 247 g/mol. The first-order valence-corrected chi connectivity index (χ1v) is 6.85. The molecular weight excluding hydrogens is 226 g/mol. The van der Waals surface area contributed by atoms with Gasteiger partial charge in [0.1, 0.15) is 12.4 Å². The van der Waals surface area contributed by atoms with Crippen molar-refractivity contribution < 1.29 is 9.47 Å². The van der Waals surface area contributed by atoms with Crippen LogP contribution in [0, 0.1) is 0 Å². The standard InChI is InChI=1S/C15H21NO2/c1-15(7-2-3-8-18-15)11-17-14-6-4-5-12-9-16-10-13(12)14/h4-6,16H,2-3,7-11H2,1H3. The molecule has 0 amide bonds. The summed E-state index contributed by atoms with van der Waals surface area (Å²) in [6, 6.07) is 6.31. The Bertz CT molecular complexity index is 425. The number of rotatable bonds is 3. The van der Waals surface area contributed by atoms with Crippen LogP contribution in [0.1, 0.15) is 37.3 Å². The number of benzene rings is 1. The van der Waals surface area contributed by atoms with Crippen LogP contribution in [-0.4, -0.2) is 18.8 Å². The average molecular weight is 247 g/mol. The molecule has 0 saturated carbocycles. The summed E-state index contributed by atoms with van der Waals surface area (Å²) in [6.45, 7) is 5.56.